The van der Waals surface area contributed by atoms with E-state index >= 15 is 0 Å². The van der Waals surface area contributed by atoms with Gasteiger partial charge in [-0.2, -0.15) is 0 Å². The summed E-state index contributed by atoms with van der Waals surface area (Å²) in [5.41, 5.74) is 0.905. The molecule has 4 spiro atoms. The summed E-state index contributed by atoms with van der Waals surface area (Å²) < 4.78 is 13.5. The van der Waals surface area contributed by atoms with Gasteiger partial charge in [0.15, 0.2) is 40.4 Å². The van der Waals surface area contributed by atoms with Gasteiger partial charge in [-0.25, -0.2) is 0 Å². The van der Waals surface area contributed by atoms with Crippen LogP contribution >= 0.6 is 0 Å². The molecular weight excluding hydrogens is 847 g/mol. The van der Waals surface area contributed by atoms with E-state index in [9.17, 15) is 25.5 Å². The van der Waals surface area contributed by atoms with Crippen molar-refractivity contribution in [3.8, 4) is 23.0 Å². The largest absolute Gasteiger partial charge is 1.00 e. The number of benzene rings is 2. The minimum atomic E-state index is -1.14. The third-order valence-electron chi connectivity index (χ3n) is 21.8. The molecule has 12 aliphatic rings. The minimum absolute atomic E-state index is 0. The second kappa shape index (κ2) is 15.5. The van der Waals surface area contributed by atoms with Crippen molar-refractivity contribution in [3.63, 3.8) is 0 Å². The zero-order valence-electron chi connectivity index (χ0n) is 42.2. The average Bonchev–Trinajstić information content (AvgIpc) is 3.79. The van der Waals surface area contributed by atoms with E-state index in [4.69, 9.17) is 9.47 Å². The fourth-order valence-electron chi connectivity index (χ4n) is 18.0. The summed E-state index contributed by atoms with van der Waals surface area (Å²) in [7, 11) is 0. The van der Waals surface area contributed by atoms with Crippen LogP contribution in [-0.4, -0.2) is 120 Å². The molecule has 14 atom stereocenters. The number of phenols is 2. The summed E-state index contributed by atoms with van der Waals surface area (Å²) in [6, 6.07) is 8.53. The summed E-state index contributed by atoms with van der Waals surface area (Å²) in [5, 5.41) is 58.1. The standard InChI is InChI=1S/C28H39NO3.C27H37NO4.CH4.Al.Li.4H/c1-7-13-29-14-12-28-21-17-8-9-18(30)22(21)32-23(28)25(5)10-11-27(28,20(29)15-17)16-19(25)26(6,31)24(2,3)4;1-6-12-28-13-11-26-20-16-7-8-17(29)21(20)32-22(26)27(31)10-9-25(26,19(28)14-16)15-18(27)24(5,30)23(2,3)4;;;;;;;/h7-9,19-20,23,30-31H,1,10-16H2,2-6H3;6-8,18-19,22,29-31H,1,9-15H2,2-5H3;1H4;;;;;;/q;;;;+1;;;;-1/t19-,20+,23-,25-,26-,27?,28-;18-,19-,22-,24+,25?,26+,27-;;;;;;;/m01......./s1. The Morgan fingerprint density at radius 2 is 1.09 bits per heavy atom. The molecule has 4 heterocycles. The zero-order valence-corrected chi connectivity index (χ0v) is 41.2. The van der Waals surface area contributed by atoms with Gasteiger partial charge in [0.2, 0.25) is 0 Å². The van der Waals surface area contributed by atoms with E-state index in [1.807, 2.05) is 25.1 Å². The number of nitrogens with zero attached hydrogens (tertiary/aromatic N) is 2. The van der Waals surface area contributed by atoms with Crippen molar-refractivity contribution in [2.45, 2.75) is 186 Å². The Bertz CT molecular complexity index is 2200. The summed E-state index contributed by atoms with van der Waals surface area (Å²) in [5.74, 6) is 1.64. The number of piperidine rings is 2. The second-order valence-electron chi connectivity index (χ2n) is 25.5. The Kier molecular flexibility index (Phi) is 11.9. The molecule has 14 rings (SSSR count). The second-order valence-corrected chi connectivity index (χ2v) is 25.5. The first kappa shape index (κ1) is 51.4. The van der Waals surface area contributed by atoms with Crippen LogP contribution in [0, 0.1) is 38.9 Å². The van der Waals surface area contributed by atoms with Crippen LogP contribution in [-0.2, 0) is 23.7 Å². The number of aromatic hydroxyl groups is 2. The van der Waals surface area contributed by atoms with E-state index in [-0.39, 0.29) is 107 Å². The molecule has 6 saturated carbocycles. The van der Waals surface area contributed by atoms with E-state index in [2.05, 4.69) is 90.5 Å². The topological polar surface area (TPSA) is 126 Å². The molecule has 0 aromatic heterocycles. The maximum absolute atomic E-state index is 12.4. The molecule has 8 fully saturated rings. The van der Waals surface area contributed by atoms with Crippen LogP contribution in [0.2, 0.25) is 0 Å². The monoisotopic (exact) mass is 931 g/mol. The van der Waals surface area contributed by atoms with Crippen LogP contribution in [0.1, 0.15) is 145 Å². The number of fused-ring (bicyclic) bond motifs is 4. The van der Waals surface area contributed by atoms with E-state index in [1.165, 1.54) is 23.1 Å². The molecule has 8 bridgehead atoms. The van der Waals surface area contributed by atoms with Crippen molar-refractivity contribution in [1.29, 1.82) is 0 Å². The maximum Gasteiger partial charge on any atom is 1.00 e. The summed E-state index contributed by atoms with van der Waals surface area (Å²) in [6.07, 6.45) is 13.1. The Balaban J connectivity index is 0.000000190. The summed E-state index contributed by atoms with van der Waals surface area (Å²) in [6.45, 7) is 30.9. The van der Waals surface area contributed by atoms with Crippen molar-refractivity contribution >= 4 is 17.4 Å². The molecule has 9 nitrogen and oxygen atoms in total. The Hall–Kier alpha value is -1.95. The van der Waals surface area contributed by atoms with Gasteiger partial charge in [-0.05, 0) is 131 Å². The van der Waals surface area contributed by atoms with Gasteiger partial charge in [0.05, 0.1) is 11.2 Å². The van der Waals surface area contributed by atoms with Gasteiger partial charge in [0, 0.05) is 69.3 Å². The molecule has 2 aromatic rings. The quantitative estimate of drug-likeness (QED) is 0.203. The van der Waals surface area contributed by atoms with E-state index in [0.29, 0.717) is 24.3 Å². The van der Waals surface area contributed by atoms with Crippen molar-refractivity contribution in [2.75, 3.05) is 26.2 Å². The van der Waals surface area contributed by atoms with Gasteiger partial charge >= 0.3 is 18.9 Å². The maximum atomic E-state index is 12.4. The fourth-order valence-corrected chi connectivity index (χ4v) is 18.0. The molecule has 5 N–H and O–H groups in total. The number of rotatable bonds is 6. The van der Waals surface area contributed by atoms with Crippen molar-refractivity contribution < 1.29 is 55.3 Å². The molecule has 0 radical (unpaired) electrons. The number of ether oxygens (including phenoxy) is 2. The van der Waals surface area contributed by atoms with Gasteiger partial charge in [-0.1, -0.05) is 80.2 Å². The van der Waals surface area contributed by atoms with Crippen LogP contribution in [0.5, 0.6) is 23.0 Å². The van der Waals surface area contributed by atoms with E-state index in [0.717, 1.165) is 88.9 Å². The Labute approximate surface area is 425 Å². The van der Waals surface area contributed by atoms with Gasteiger partial charge in [-0.15, -0.1) is 13.2 Å². The van der Waals surface area contributed by atoms with Crippen LogP contribution in [0.25, 0.3) is 0 Å². The smallest absolute Gasteiger partial charge is 1.00 e. The minimum Gasteiger partial charge on any atom is -1.00 e. The Morgan fingerprint density at radius 1 is 0.672 bits per heavy atom. The predicted octanol–water partition coefficient (Wildman–Crippen LogP) is 4.92. The van der Waals surface area contributed by atoms with Gasteiger partial charge in [-0.3, -0.25) is 9.80 Å². The van der Waals surface area contributed by atoms with Gasteiger partial charge in [0.25, 0.3) is 0 Å². The number of phenolic OH excluding ortho intramolecular Hbond substituents is 2. The van der Waals surface area contributed by atoms with Crippen molar-refractivity contribution in [2.24, 2.45) is 38.9 Å². The normalized spacial score (nSPS) is 41.4. The first-order valence-corrected chi connectivity index (χ1v) is 24.8. The predicted molar refractivity (Wildman–Crippen MR) is 267 cm³/mol. The average molecular weight is 931 g/mol. The number of hydrogen-bond donors (Lipinski definition) is 5. The zero-order chi connectivity index (χ0) is 45.8. The van der Waals surface area contributed by atoms with Crippen LogP contribution in [0.3, 0.4) is 0 Å². The number of aliphatic hydroxyl groups is 3. The first-order valence-electron chi connectivity index (χ1n) is 24.8. The molecule has 364 valence electrons. The number of likely N-dealkylation sites (tertiary alicyclic amines) is 2. The third-order valence-corrected chi connectivity index (χ3v) is 21.8. The molecule has 67 heavy (non-hydrogen) atoms. The van der Waals surface area contributed by atoms with Crippen molar-refractivity contribution in [1.82, 2.24) is 9.80 Å². The molecule has 2 unspecified atom stereocenters. The fraction of sp³-hybridized carbons (Fsp3) is 0.714. The molecule has 4 aliphatic heterocycles. The van der Waals surface area contributed by atoms with Crippen LogP contribution < -0.4 is 28.3 Å². The molecule has 2 aromatic carbocycles. The van der Waals surface area contributed by atoms with Crippen LogP contribution in [0.15, 0.2) is 49.6 Å². The molecule has 8 aliphatic carbocycles. The van der Waals surface area contributed by atoms with Gasteiger partial charge < -0.3 is 36.4 Å². The summed E-state index contributed by atoms with van der Waals surface area (Å²) >= 11 is 0. The van der Waals surface area contributed by atoms with Crippen molar-refractivity contribution in [3.05, 3.63) is 71.8 Å². The van der Waals surface area contributed by atoms with Crippen LogP contribution in [0.4, 0.5) is 0 Å². The first-order chi connectivity index (χ1) is 29.9. The molecule has 11 heteroatoms. The third kappa shape index (κ3) is 5.81. The molecule has 0 amide bonds. The molecular formula is C56H84AlLiN2O7. The van der Waals surface area contributed by atoms with E-state index < -0.39 is 28.3 Å². The van der Waals surface area contributed by atoms with Gasteiger partial charge in [0.1, 0.15) is 17.8 Å². The Morgan fingerprint density at radius 3 is 1.55 bits per heavy atom. The number of hydrogen-bond acceptors (Lipinski definition) is 9. The summed E-state index contributed by atoms with van der Waals surface area (Å²) in [4.78, 5) is 5.22. The SMILES string of the molecule is C.C=CCN1CC[C@]23c4c5ccc(O)c4O[C@H]2[C@@]2(C)CCC3(C[C@@H]2[C@](C)(O)C(C)(C)C)[C@H]1C5.C=CCN1CC[C@]23c4c5ccc(O)c4O[C@H]2[C@@]2(O)CCC3(C[C@@H]2[C@](C)(O)C(C)(C)C)[C@H]1C5.[AlH3].[H-].[Li+]. The van der Waals surface area contributed by atoms with E-state index in [1.54, 1.807) is 6.07 Å². The molecule has 2 saturated heterocycles.